The Labute approximate surface area is 194 Å². The largest absolute Gasteiger partial charge is 0.365 e. The van der Waals surface area contributed by atoms with Crippen molar-refractivity contribution in [1.29, 1.82) is 0 Å². The highest BCUT2D eigenvalue weighted by Crippen LogP contribution is 2.54. The van der Waals surface area contributed by atoms with E-state index in [0.29, 0.717) is 18.7 Å². The van der Waals surface area contributed by atoms with E-state index in [1.54, 1.807) is 15.9 Å². The number of nitrogens with zero attached hydrogens (tertiary/aromatic N) is 5. The van der Waals surface area contributed by atoms with Gasteiger partial charge < -0.3 is 9.88 Å². The Morgan fingerprint density at radius 2 is 2.06 bits per heavy atom. The number of carbonyl (C=O) groups is 1. The Morgan fingerprint density at radius 3 is 2.88 bits per heavy atom. The molecule has 2 aromatic carbocycles. The second-order valence-corrected chi connectivity index (χ2v) is 9.46. The zero-order valence-corrected chi connectivity index (χ0v) is 18.8. The van der Waals surface area contributed by atoms with E-state index in [1.165, 1.54) is 0 Å². The number of rotatable bonds is 1. The van der Waals surface area contributed by atoms with E-state index in [2.05, 4.69) is 15.1 Å². The highest BCUT2D eigenvalue weighted by atomic mass is 19.3. The molecule has 7 nitrogen and oxygen atoms in total. The summed E-state index contributed by atoms with van der Waals surface area (Å²) in [5, 5.41) is 4.51. The predicted molar refractivity (Wildman–Crippen MR) is 125 cm³/mol. The first-order valence-electron chi connectivity index (χ1n) is 11.4. The lowest BCUT2D eigenvalue weighted by molar-refractivity contribution is -0.0116. The Balaban J connectivity index is 1.49. The molecule has 0 spiro atoms. The molecule has 1 fully saturated rings. The minimum atomic E-state index is -2.70. The van der Waals surface area contributed by atoms with Gasteiger partial charge in [-0.05, 0) is 48.7 Å². The number of carbonyl (C=O) groups excluding carboxylic acids is 1. The fraction of sp³-hybridized carbons (Fsp3) is 0.320. The van der Waals surface area contributed by atoms with Gasteiger partial charge in [-0.25, -0.2) is 13.8 Å². The Hall–Kier alpha value is -3.75. The molecule has 1 saturated heterocycles. The van der Waals surface area contributed by atoms with Crippen LogP contribution in [0.5, 0.6) is 0 Å². The van der Waals surface area contributed by atoms with Crippen LogP contribution < -0.4 is 9.80 Å². The van der Waals surface area contributed by atoms with Crippen molar-refractivity contribution < 1.29 is 13.6 Å². The van der Waals surface area contributed by atoms with Crippen LogP contribution in [0.2, 0.25) is 0 Å². The van der Waals surface area contributed by atoms with Crippen molar-refractivity contribution in [2.75, 3.05) is 22.9 Å². The van der Waals surface area contributed by atoms with Crippen LogP contribution in [0.15, 0.2) is 36.7 Å². The number of aromatic amines is 1. The fourth-order valence-corrected chi connectivity index (χ4v) is 5.86. The number of fused-ring (bicyclic) bond motifs is 10. The van der Waals surface area contributed by atoms with Crippen molar-refractivity contribution in [2.45, 2.75) is 31.7 Å². The second kappa shape index (κ2) is 6.43. The number of halogens is 2. The maximum Gasteiger partial charge on any atom is 0.280 e. The van der Waals surface area contributed by atoms with Gasteiger partial charge >= 0.3 is 0 Å². The zero-order chi connectivity index (χ0) is 23.4. The van der Waals surface area contributed by atoms with Gasteiger partial charge in [0.05, 0.1) is 35.6 Å². The minimum Gasteiger partial charge on any atom is -0.365 e. The van der Waals surface area contributed by atoms with Gasteiger partial charge in [0.15, 0.2) is 5.69 Å². The number of H-pyrrole nitrogens is 1. The van der Waals surface area contributed by atoms with Gasteiger partial charge in [-0.15, -0.1) is 0 Å². The SMILES string of the molecule is Cc1c2c(nn1C)C(=O)N1c3ccc4[nH]cnc4c3-c3cc(N4CCCC(F)(F)C4)ccc3C21. The standard InChI is InChI=1S/C25H22F2N6O/c1-13-19-22(30-31(13)2)24(34)33-18-7-6-17-21(29-12-28-17)20(18)16-10-14(4-5-15(16)23(19)33)32-9-3-8-25(26,27)11-32/h4-7,10,12,23H,3,8-9,11H2,1-2H3,(H,28,29). The summed E-state index contributed by atoms with van der Waals surface area (Å²) in [7, 11) is 1.84. The van der Waals surface area contributed by atoms with Crippen molar-refractivity contribution >= 4 is 28.3 Å². The number of benzene rings is 2. The molecule has 1 atom stereocenters. The molecule has 0 aliphatic carbocycles. The van der Waals surface area contributed by atoms with Crippen LogP contribution in [0.25, 0.3) is 22.2 Å². The highest BCUT2D eigenvalue weighted by Gasteiger charge is 2.47. The molecule has 1 amide bonds. The Bertz CT molecular complexity index is 1520. The van der Waals surface area contributed by atoms with Gasteiger partial charge in [-0.1, -0.05) is 6.07 Å². The van der Waals surface area contributed by atoms with E-state index in [4.69, 9.17) is 0 Å². The van der Waals surface area contributed by atoms with E-state index in [-0.39, 0.29) is 24.9 Å². The lowest BCUT2D eigenvalue weighted by atomic mass is 9.85. The molecular formula is C25H22F2N6O. The summed E-state index contributed by atoms with van der Waals surface area (Å²) in [6.07, 6.45) is 2.01. The molecule has 5 heterocycles. The monoisotopic (exact) mass is 460 g/mol. The average Bonchev–Trinajstić information content (AvgIpc) is 3.48. The van der Waals surface area contributed by atoms with E-state index in [9.17, 15) is 13.6 Å². The number of piperidine rings is 1. The number of anilines is 2. The lowest BCUT2D eigenvalue weighted by Gasteiger charge is -2.37. The normalized spacial score (nSPS) is 20.4. The van der Waals surface area contributed by atoms with Crippen molar-refractivity contribution in [3.63, 3.8) is 0 Å². The molecule has 2 aromatic heterocycles. The van der Waals surface area contributed by atoms with Gasteiger partial charge in [0.25, 0.3) is 11.8 Å². The van der Waals surface area contributed by atoms with E-state index in [0.717, 1.165) is 50.4 Å². The molecule has 172 valence electrons. The van der Waals surface area contributed by atoms with E-state index >= 15 is 0 Å². The van der Waals surface area contributed by atoms with E-state index in [1.807, 2.05) is 49.2 Å². The fourth-order valence-electron chi connectivity index (χ4n) is 5.86. The molecule has 3 aliphatic heterocycles. The van der Waals surface area contributed by atoms with Crippen molar-refractivity contribution in [3.05, 3.63) is 59.2 Å². The summed E-state index contributed by atoms with van der Waals surface area (Å²) in [6, 6.07) is 9.43. The van der Waals surface area contributed by atoms with Crippen LogP contribution in [0.1, 0.15) is 46.2 Å². The average molecular weight is 460 g/mol. The summed E-state index contributed by atoms with van der Waals surface area (Å²) in [5.74, 6) is -2.83. The molecule has 0 bridgehead atoms. The van der Waals surface area contributed by atoms with Crippen molar-refractivity contribution in [3.8, 4) is 11.1 Å². The second-order valence-electron chi connectivity index (χ2n) is 9.46. The van der Waals surface area contributed by atoms with Gasteiger partial charge in [0, 0.05) is 42.5 Å². The first kappa shape index (κ1) is 19.7. The van der Waals surface area contributed by atoms with Crippen LogP contribution in [0.3, 0.4) is 0 Å². The number of hydrogen-bond acceptors (Lipinski definition) is 4. The quantitative estimate of drug-likeness (QED) is 0.452. The predicted octanol–water partition coefficient (Wildman–Crippen LogP) is 4.57. The lowest BCUT2D eigenvalue weighted by Crippen LogP contribution is -2.42. The molecule has 9 heteroatoms. The first-order chi connectivity index (χ1) is 16.3. The number of alkyl halides is 2. The third-order valence-electron chi connectivity index (χ3n) is 7.52. The summed E-state index contributed by atoms with van der Waals surface area (Å²) in [6.45, 7) is 2.28. The number of nitrogens with one attached hydrogen (secondary N) is 1. The van der Waals surface area contributed by atoms with Crippen molar-refractivity contribution in [2.24, 2.45) is 7.05 Å². The molecule has 1 unspecified atom stereocenters. The molecule has 34 heavy (non-hydrogen) atoms. The summed E-state index contributed by atoms with van der Waals surface area (Å²) in [4.78, 5) is 24.8. The Morgan fingerprint density at radius 1 is 1.21 bits per heavy atom. The topological polar surface area (TPSA) is 70.0 Å². The van der Waals surface area contributed by atoms with Crippen molar-refractivity contribution in [1.82, 2.24) is 19.7 Å². The number of amides is 1. The van der Waals surface area contributed by atoms with Crippen LogP contribution in [-0.4, -0.2) is 44.7 Å². The van der Waals surface area contributed by atoms with Crippen LogP contribution in [0, 0.1) is 6.92 Å². The molecule has 3 aliphatic rings. The molecule has 0 saturated carbocycles. The summed E-state index contributed by atoms with van der Waals surface area (Å²) >= 11 is 0. The van der Waals surface area contributed by atoms with Gasteiger partial charge in [-0.3, -0.25) is 14.4 Å². The maximum absolute atomic E-state index is 14.2. The summed E-state index contributed by atoms with van der Waals surface area (Å²) < 4.78 is 30.2. The van der Waals surface area contributed by atoms with E-state index < -0.39 is 5.92 Å². The third kappa shape index (κ3) is 2.47. The van der Waals surface area contributed by atoms with Crippen LogP contribution in [-0.2, 0) is 7.05 Å². The van der Waals surface area contributed by atoms with Gasteiger partial charge in [0.1, 0.15) is 0 Å². The Kier molecular flexibility index (Phi) is 3.73. The smallest absolute Gasteiger partial charge is 0.280 e. The molecule has 4 aromatic rings. The zero-order valence-electron chi connectivity index (χ0n) is 18.8. The number of imidazole rings is 1. The first-order valence-corrected chi connectivity index (χ1v) is 11.4. The maximum atomic E-state index is 14.2. The molecular weight excluding hydrogens is 438 g/mol. The summed E-state index contributed by atoms with van der Waals surface area (Å²) in [5.41, 5.74) is 8.17. The van der Waals surface area contributed by atoms with Crippen LogP contribution in [0.4, 0.5) is 20.2 Å². The molecule has 0 radical (unpaired) electrons. The number of hydrogen-bond donors (Lipinski definition) is 1. The number of aryl methyl sites for hydroxylation is 1. The number of aromatic nitrogens is 4. The third-order valence-corrected chi connectivity index (χ3v) is 7.52. The molecule has 1 N–H and O–H groups in total. The highest BCUT2D eigenvalue weighted by molar-refractivity contribution is 6.17. The van der Waals surface area contributed by atoms with Gasteiger partial charge in [-0.2, -0.15) is 5.10 Å². The minimum absolute atomic E-state index is 0.0760. The molecule has 7 rings (SSSR count). The van der Waals surface area contributed by atoms with Crippen LogP contribution >= 0.6 is 0 Å². The van der Waals surface area contributed by atoms with Gasteiger partial charge in [0.2, 0.25) is 0 Å².